The average Bonchev–Trinajstić information content (AvgIpc) is 2.55. The average molecular weight is 339 g/mol. The van der Waals surface area contributed by atoms with Crippen molar-refractivity contribution in [3.63, 3.8) is 0 Å². The largest absolute Gasteiger partial charge is 0.496 e. The van der Waals surface area contributed by atoms with Gasteiger partial charge in [-0.1, -0.05) is 41.4 Å². The van der Waals surface area contributed by atoms with Crippen molar-refractivity contribution < 1.29 is 9.53 Å². The highest BCUT2D eigenvalue weighted by Crippen LogP contribution is 2.29. The normalized spacial score (nSPS) is 11.9. The fraction of sp³-hybridized carbons (Fsp3) is 0.250. The first-order valence-electron chi connectivity index (χ1n) is 6.67. The van der Waals surface area contributed by atoms with Gasteiger partial charge in [0.25, 0.3) is 5.91 Å². The maximum atomic E-state index is 12.6. The molecule has 4 nitrogen and oxygen atoms in total. The maximum absolute atomic E-state index is 12.6. The molecule has 22 heavy (non-hydrogen) atoms. The van der Waals surface area contributed by atoms with Crippen LogP contribution in [-0.2, 0) is 0 Å². The minimum atomic E-state index is -0.300. The molecule has 1 aromatic heterocycles. The topological polar surface area (TPSA) is 42.4 Å². The first-order chi connectivity index (χ1) is 10.5. The Hall–Kier alpha value is -1.78. The van der Waals surface area contributed by atoms with Crippen LogP contribution >= 0.6 is 23.2 Å². The number of carbonyl (C=O) groups is 1. The summed E-state index contributed by atoms with van der Waals surface area (Å²) < 4.78 is 5.34. The number of hydrogen-bond acceptors (Lipinski definition) is 3. The highest BCUT2D eigenvalue weighted by atomic mass is 35.5. The standard InChI is InChI=1S/C16H16Cl2N2O2/c1-10(11-6-4-5-7-13(11)22-3)20(2)16(21)15-12(17)8-9-14(18)19-15/h4-10H,1-3H3/t10-/m0/s1. The van der Waals surface area contributed by atoms with E-state index in [-0.39, 0.29) is 27.8 Å². The smallest absolute Gasteiger partial charge is 0.274 e. The van der Waals surface area contributed by atoms with Crippen molar-refractivity contribution in [2.75, 3.05) is 14.2 Å². The van der Waals surface area contributed by atoms with Gasteiger partial charge in [0.1, 0.15) is 16.6 Å². The summed E-state index contributed by atoms with van der Waals surface area (Å²) in [6.07, 6.45) is 0. The highest BCUT2D eigenvalue weighted by Gasteiger charge is 2.24. The number of carbonyl (C=O) groups excluding carboxylic acids is 1. The molecule has 0 saturated carbocycles. The Morgan fingerprint density at radius 2 is 1.91 bits per heavy atom. The summed E-state index contributed by atoms with van der Waals surface area (Å²) >= 11 is 11.9. The van der Waals surface area contributed by atoms with Gasteiger partial charge in [0.05, 0.1) is 18.2 Å². The molecule has 0 radical (unpaired) electrons. The van der Waals surface area contributed by atoms with Gasteiger partial charge in [-0.05, 0) is 25.1 Å². The van der Waals surface area contributed by atoms with Gasteiger partial charge >= 0.3 is 0 Å². The summed E-state index contributed by atoms with van der Waals surface area (Å²) in [7, 11) is 3.29. The first kappa shape index (κ1) is 16.6. The summed E-state index contributed by atoms with van der Waals surface area (Å²) in [4.78, 5) is 18.2. The Morgan fingerprint density at radius 3 is 2.59 bits per heavy atom. The maximum Gasteiger partial charge on any atom is 0.274 e. The van der Waals surface area contributed by atoms with Crippen molar-refractivity contribution in [3.05, 3.63) is 57.8 Å². The van der Waals surface area contributed by atoms with Crippen molar-refractivity contribution in [1.82, 2.24) is 9.88 Å². The second-order valence-electron chi connectivity index (χ2n) is 4.80. The zero-order valence-electron chi connectivity index (χ0n) is 12.5. The molecule has 1 aromatic carbocycles. The Bertz CT molecular complexity index is 692. The van der Waals surface area contributed by atoms with E-state index in [1.165, 1.54) is 0 Å². The van der Waals surface area contributed by atoms with E-state index in [1.54, 1.807) is 31.2 Å². The SMILES string of the molecule is COc1ccccc1[C@H](C)N(C)C(=O)c1nc(Cl)ccc1Cl. The fourth-order valence-electron chi connectivity index (χ4n) is 2.13. The van der Waals surface area contributed by atoms with Gasteiger partial charge in [0.15, 0.2) is 0 Å². The number of benzene rings is 1. The number of pyridine rings is 1. The molecule has 2 aromatic rings. The van der Waals surface area contributed by atoms with Gasteiger partial charge < -0.3 is 9.64 Å². The van der Waals surface area contributed by atoms with Crippen LogP contribution in [-0.4, -0.2) is 29.9 Å². The molecule has 0 N–H and O–H groups in total. The molecule has 0 bridgehead atoms. The molecule has 0 aliphatic rings. The van der Waals surface area contributed by atoms with E-state index in [4.69, 9.17) is 27.9 Å². The van der Waals surface area contributed by atoms with Gasteiger partial charge in [-0.2, -0.15) is 0 Å². The van der Waals surface area contributed by atoms with E-state index < -0.39 is 0 Å². The number of rotatable bonds is 4. The van der Waals surface area contributed by atoms with Crippen LogP contribution in [0.4, 0.5) is 0 Å². The van der Waals surface area contributed by atoms with Gasteiger partial charge in [-0.15, -0.1) is 0 Å². The number of para-hydroxylation sites is 1. The number of nitrogens with zero attached hydrogens (tertiary/aromatic N) is 2. The van der Waals surface area contributed by atoms with E-state index >= 15 is 0 Å². The third kappa shape index (κ3) is 3.34. The van der Waals surface area contributed by atoms with E-state index in [2.05, 4.69) is 4.98 Å². The van der Waals surface area contributed by atoms with Gasteiger partial charge in [0, 0.05) is 12.6 Å². The Morgan fingerprint density at radius 1 is 1.23 bits per heavy atom. The third-order valence-electron chi connectivity index (χ3n) is 3.50. The molecule has 1 amide bonds. The monoisotopic (exact) mass is 338 g/mol. The third-order valence-corrected chi connectivity index (χ3v) is 4.02. The van der Waals surface area contributed by atoms with Crippen molar-refractivity contribution in [3.8, 4) is 5.75 Å². The quantitative estimate of drug-likeness (QED) is 0.783. The molecular weight excluding hydrogens is 323 g/mol. The lowest BCUT2D eigenvalue weighted by Crippen LogP contribution is -2.30. The molecular formula is C16H16Cl2N2O2. The van der Waals surface area contributed by atoms with Crippen molar-refractivity contribution in [2.24, 2.45) is 0 Å². The minimum Gasteiger partial charge on any atom is -0.496 e. The van der Waals surface area contributed by atoms with Crippen molar-refractivity contribution >= 4 is 29.1 Å². The number of methoxy groups -OCH3 is 1. The Balaban J connectivity index is 2.32. The van der Waals surface area contributed by atoms with E-state index in [9.17, 15) is 4.79 Å². The van der Waals surface area contributed by atoms with Crippen molar-refractivity contribution in [1.29, 1.82) is 0 Å². The summed E-state index contributed by atoms with van der Waals surface area (Å²) in [5.74, 6) is 0.422. The van der Waals surface area contributed by atoms with E-state index in [1.807, 2.05) is 31.2 Å². The van der Waals surface area contributed by atoms with E-state index in [0.717, 1.165) is 11.3 Å². The fourth-order valence-corrected chi connectivity index (χ4v) is 2.47. The van der Waals surface area contributed by atoms with Crippen LogP contribution in [0.15, 0.2) is 36.4 Å². The molecule has 1 heterocycles. The Kier molecular flexibility index (Phi) is 5.27. The molecule has 0 aliphatic carbocycles. The molecule has 0 aliphatic heterocycles. The van der Waals surface area contributed by atoms with Gasteiger partial charge in [-0.25, -0.2) is 4.98 Å². The van der Waals surface area contributed by atoms with Crippen LogP contribution in [0, 0.1) is 0 Å². The lowest BCUT2D eigenvalue weighted by Gasteiger charge is -2.26. The predicted molar refractivity (Wildman–Crippen MR) is 87.8 cm³/mol. The molecule has 2 rings (SSSR count). The minimum absolute atomic E-state index is 0.137. The first-order valence-corrected chi connectivity index (χ1v) is 7.43. The van der Waals surface area contributed by atoms with E-state index in [0.29, 0.717) is 0 Å². The highest BCUT2D eigenvalue weighted by molar-refractivity contribution is 6.34. The van der Waals surface area contributed by atoms with Crippen LogP contribution in [0.1, 0.15) is 29.0 Å². The summed E-state index contributed by atoms with van der Waals surface area (Å²) in [6, 6.07) is 10.5. The zero-order valence-corrected chi connectivity index (χ0v) is 14.0. The molecule has 0 unspecified atom stereocenters. The second kappa shape index (κ2) is 6.99. The van der Waals surface area contributed by atoms with Gasteiger partial charge in [-0.3, -0.25) is 4.79 Å². The number of hydrogen-bond donors (Lipinski definition) is 0. The number of ether oxygens (including phenoxy) is 1. The Labute approximate surface area is 139 Å². The molecule has 116 valence electrons. The molecule has 0 spiro atoms. The number of amides is 1. The molecule has 1 atom stereocenters. The van der Waals surface area contributed by atoms with Crippen molar-refractivity contribution in [2.45, 2.75) is 13.0 Å². The summed E-state index contributed by atoms with van der Waals surface area (Å²) in [6.45, 7) is 1.91. The van der Waals surface area contributed by atoms with Crippen LogP contribution in [0.25, 0.3) is 0 Å². The number of halogens is 2. The lowest BCUT2D eigenvalue weighted by atomic mass is 10.1. The lowest BCUT2D eigenvalue weighted by molar-refractivity contribution is 0.0735. The zero-order chi connectivity index (χ0) is 16.3. The van der Waals surface area contributed by atoms with Gasteiger partial charge in [0.2, 0.25) is 0 Å². The van der Waals surface area contributed by atoms with Crippen LogP contribution in [0.5, 0.6) is 5.75 Å². The molecule has 0 fully saturated rings. The summed E-state index contributed by atoms with van der Waals surface area (Å²) in [5.41, 5.74) is 1.04. The summed E-state index contributed by atoms with van der Waals surface area (Å²) in [5, 5.41) is 0.500. The molecule has 6 heteroatoms. The number of aromatic nitrogens is 1. The van der Waals surface area contributed by atoms with Crippen LogP contribution in [0.2, 0.25) is 10.2 Å². The second-order valence-corrected chi connectivity index (χ2v) is 5.59. The van der Waals surface area contributed by atoms with Crippen LogP contribution < -0.4 is 4.74 Å². The molecule has 0 saturated heterocycles. The van der Waals surface area contributed by atoms with Crippen LogP contribution in [0.3, 0.4) is 0 Å². The predicted octanol–water partition coefficient (Wildman–Crippen LogP) is 4.23.